The van der Waals surface area contributed by atoms with Crippen molar-refractivity contribution >= 4 is 17.5 Å². The quantitative estimate of drug-likeness (QED) is 0.605. The average Bonchev–Trinajstić information content (AvgIpc) is 2.96. The monoisotopic (exact) mass is 397 g/mol. The minimum atomic E-state index is -0.644. The van der Waals surface area contributed by atoms with Gasteiger partial charge in [-0.05, 0) is 45.6 Å². The highest BCUT2D eigenvalue weighted by atomic mass is 16.3. The third-order valence-electron chi connectivity index (χ3n) is 5.44. The van der Waals surface area contributed by atoms with Crippen molar-refractivity contribution in [2.45, 2.75) is 58.4 Å². The van der Waals surface area contributed by atoms with E-state index in [0.29, 0.717) is 25.3 Å². The van der Waals surface area contributed by atoms with E-state index in [9.17, 15) is 14.7 Å². The molecule has 2 aliphatic heterocycles. The van der Waals surface area contributed by atoms with Gasteiger partial charge in [0.15, 0.2) is 5.76 Å². The Labute approximate surface area is 172 Å². The fourth-order valence-corrected chi connectivity index (χ4v) is 4.07. The van der Waals surface area contributed by atoms with E-state index in [1.165, 1.54) is 0 Å². The van der Waals surface area contributed by atoms with E-state index < -0.39 is 17.2 Å². The van der Waals surface area contributed by atoms with E-state index in [-0.39, 0.29) is 11.5 Å². The molecule has 2 aliphatic rings. The minimum absolute atomic E-state index is 0.0121. The zero-order valence-corrected chi connectivity index (χ0v) is 17.6. The predicted octanol–water partition coefficient (Wildman–Crippen LogP) is 3.16. The van der Waals surface area contributed by atoms with Crippen LogP contribution in [-0.4, -0.2) is 52.7 Å². The number of rotatable bonds is 4. The van der Waals surface area contributed by atoms with Gasteiger partial charge in [-0.25, -0.2) is 0 Å². The molecular formula is C23H31N3O3. The van der Waals surface area contributed by atoms with E-state index in [1.54, 1.807) is 11.8 Å². The zero-order chi connectivity index (χ0) is 21.0. The van der Waals surface area contributed by atoms with E-state index in [2.05, 4.69) is 5.32 Å². The molecule has 2 heterocycles. The first-order valence-corrected chi connectivity index (χ1v) is 10.5. The number of nitrogens with zero attached hydrogens (tertiary/aromatic N) is 2. The van der Waals surface area contributed by atoms with Crippen LogP contribution in [-0.2, 0) is 16.0 Å². The molecule has 3 rings (SSSR count). The molecule has 29 heavy (non-hydrogen) atoms. The lowest BCUT2D eigenvalue weighted by molar-refractivity contribution is -0.127. The first-order valence-electron chi connectivity index (χ1n) is 10.5. The van der Waals surface area contributed by atoms with Crippen LogP contribution < -0.4 is 5.32 Å². The third-order valence-corrected chi connectivity index (χ3v) is 5.44. The van der Waals surface area contributed by atoms with E-state index >= 15 is 0 Å². The summed E-state index contributed by atoms with van der Waals surface area (Å²) in [7, 11) is 0. The molecule has 0 aromatic heterocycles. The van der Waals surface area contributed by atoms with Crippen molar-refractivity contribution in [3.8, 4) is 0 Å². The van der Waals surface area contributed by atoms with Gasteiger partial charge in [0, 0.05) is 25.2 Å². The number of aliphatic hydroxyl groups is 1. The second kappa shape index (κ2) is 8.80. The second-order valence-electron chi connectivity index (χ2n) is 8.40. The lowest BCUT2D eigenvalue weighted by Gasteiger charge is -2.31. The number of fused-ring (bicyclic) bond motifs is 1. The maximum Gasteiger partial charge on any atom is 0.287 e. The summed E-state index contributed by atoms with van der Waals surface area (Å²) in [5, 5.41) is 13.5. The van der Waals surface area contributed by atoms with Crippen LogP contribution in [0.2, 0.25) is 0 Å². The molecule has 0 atom stereocenters. The second-order valence-corrected chi connectivity index (χ2v) is 8.40. The number of aliphatic hydroxyl groups excluding tert-OH is 1. The molecule has 1 fully saturated rings. The fraction of sp³-hybridized carbons (Fsp3) is 0.522. The highest BCUT2D eigenvalue weighted by molar-refractivity contribution is 6.31. The summed E-state index contributed by atoms with van der Waals surface area (Å²) in [5.74, 6) is -1.51. The van der Waals surface area contributed by atoms with Crippen LogP contribution >= 0.6 is 0 Å². The van der Waals surface area contributed by atoms with Crippen molar-refractivity contribution in [3.63, 3.8) is 0 Å². The summed E-state index contributed by atoms with van der Waals surface area (Å²) in [6.45, 7) is 7.40. The van der Waals surface area contributed by atoms with Gasteiger partial charge in [-0.15, -0.1) is 0 Å². The van der Waals surface area contributed by atoms with Crippen LogP contribution in [0.3, 0.4) is 0 Å². The summed E-state index contributed by atoms with van der Waals surface area (Å²) in [6, 6.07) is 7.78. The van der Waals surface area contributed by atoms with Crippen LogP contribution in [0.4, 0.5) is 0 Å². The Morgan fingerprint density at radius 3 is 2.45 bits per heavy atom. The molecule has 0 bridgehead atoms. The molecule has 6 heteroatoms. The summed E-state index contributed by atoms with van der Waals surface area (Å²) < 4.78 is 0. The van der Waals surface area contributed by atoms with E-state index in [0.717, 1.165) is 43.2 Å². The molecule has 6 nitrogen and oxygen atoms in total. The summed E-state index contributed by atoms with van der Waals surface area (Å²) in [6.07, 6.45) is 4.76. The third kappa shape index (κ3) is 4.69. The van der Waals surface area contributed by atoms with Gasteiger partial charge in [-0.3, -0.25) is 14.6 Å². The summed E-state index contributed by atoms with van der Waals surface area (Å²) in [5.41, 5.74) is 1.86. The Kier molecular flexibility index (Phi) is 6.40. The molecule has 0 saturated carbocycles. The number of hydrogen-bond acceptors (Lipinski definition) is 4. The Bertz CT molecular complexity index is 847. The molecule has 156 valence electrons. The fourth-order valence-electron chi connectivity index (χ4n) is 4.07. The maximum absolute atomic E-state index is 13.6. The molecule has 1 aromatic rings. The first-order chi connectivity index (χ1) is 13.8. The predicted molar refractivity (Wildman–Crippen MR) is 114 cm³/mol. The highest BCUT2D eigenvalue weighted by Crippen LogP contribution is 2.31. The Morgan fingerprint density at radius 1 is 1.14 bits per heavy atom. The number of hydrogen-bond donors (Lipinski definition) is 2. The van der Waals surface area contributed by atoms with Gasteiger partial charge in [-0.1, -0.05) is 37.1 Å². The maximum atomic E-state index is 13.6. The average molecular weight is 398 g/mol. The Balaban J connectivity index is 2.14. The van der Waals surface area contributed by atoms with Gasteiger partial charge >= 0.3 is 0 Å². The number of carbonyl (C=O) groups excluding carboxylic acids is 2. The van der Waals surface area contributed by atoms with Gasteiger partial charge in [0.05, 0.1) is 11.3 Å². The van der Waals surface area contributed by atoms with Crippen LogP contribution in [0.15, 0.2) is 40.6 Å². The normalized spacial score (nSPS) is 19.4. The summed E-state index contributed by atoms with van der Waals surface area (Å²) in [4.78, 5) is 32.7. The number of likely N-dealkylation sites (N-methyl/N-ethyl adjacent to an activating group) is 1. The van der Waals surface area contributed by atoms with Crippen molar-refractivity contribution < 1.29 is 14.7 Å². The number of likely N-dealkylation sites (tertiary alicyclic amines) is 1. The largest absolute Gasteiger partial charge is 0.502 e. The topological polar surface area (TPSA) is 82.0 Å². The zero-order valence-electron chi connectivity index (χ0n) is 17.6. The lowest BCUT2D eigenvalue weighted by atomic mass is 9.84. The molecule has 2 N–H and O–H groups in total. The van der Waals surface area contributed by atoms with Gasteiger partial charge in [0.1, 0.15) is 5.57 Å². The van der Waals surface area contributed by atoms with Crippen molar-refractivity contribution in [2.24, 2.45) is 4.99 Å². The van der Waals surface area contributed by atoms with Gasteiger partial charge < -0.3 is 15.3 Å². The lowest BCUT2D eigenvalue weighted by Crippen LogP contribution is -2.40. The van der Waals surface area contributed by atoms with Crippen molar-refractivity contribution in [3.05, 3.63) is 46.7 Å². The molecule has 0 radical (unpaired) electrons. The first kappa shape index (κ1) is 21.1. The van der Waals surface area contributed by atoms with Gasteiger partial charge in [0.2, 0.25) is 0 Å². The Morgan fingerprint density at radius 2 is 1.79 bits per heavy atom. The highest BCUT2D eigenvalue weighted by Gasteiger charge is 2.35. The molecule has 1 saturated heterocycles. The number of amides is 2. The van der Waals surface area contributed by atoms with Crippen molar-refractivity contribution in [2.75, 3.05) is 19.6 Å². The SMILES string of the molecule is CCNC(=O)/C(O)=C(/C(=O)N1CCCCCC1)C1=NC(C)(C)Cc2ccccc21. The van der Waals surface area contributed by atoms with Crippen molar-refractivity contribution in [1.29, 1.82) is 0 Å². The molecule has 0 aliphatic carbocycles. The molecular weight excluding hydrogens is 366 g/mol. The van der Waals surface area contributed by atoms with Crippen LogP contribution in [0.1, 0.15) is 57.6 Å². The minimum Gasteiger partial charge on any atom is -0.502 e. The number of nitrogens with one attached hydrogen (secondary N) is 1. The van der Waals surface area contributed by atoms with Gasteiger partial charge in [0.25, 0.3) is 11.8 Å². The Hall–Kier alpha value is -2.63. The van der Waals surface area contributed by atoms with Crippen LogP contribution in [0.5, 0.6) is 0 Å². The molecule has 0 unspecified atom stereocenters. The van der Waals surface area contributed by atoms with E-state index in [4.69, 9.17) is 4.99 Å². The standard InChI is InChI=1S/C23H31N3O3/c1-4-24-21(28)20(27)18(22(29)26-13-9-5-6-10-14-26)19-17-12-8-7-11-16(17)15-23(2,3)25-19/h7-8,11-12,27H,4-6,9-10,13-15H2,1-3H3,(H,24,28)/b20-18-. The van der Waals surface area contributed by atoms with Gasteiger partial charge in [-0.2, -0.15) is 0 Å². The molecule has 2 amide bonds. The molecule has 1 aromatic carbocycles. The van der Waals surface area contributed by atoms with Crippen LogP contribution in [0.25, 0.3) is 0 Å². The van der Waals surface area contributed by atoms with E-state index in [1.807, 2.05) is 38.1 Å². The number of carbonyl (C=O) groups is 2. The summed E-state index contributed by atoms with van der Waals surface area (Å²) >= 11 is 0. The number of benzene rings is 1. The van der Waals surface area contributed by atoms with Crippen molar-refractivity contribution in [1.82, 2.24) is 10.2 Å². The smallest absolute Gasteiger partial charge is 0.287 e. The molecule has 0 spiro atoms. The number of aliphatic imine (C=N–C) groups is 1. The van der Waals surface area contributed by atoms with Crippen LogP contribution in [0, 0.1) is 0 Å².